The molecule has 1 aliphatic rings. The normalized spacial score (nSPS) is 14.0. The predicted molar refractivity (Wildman–Crippen MR) is 91.8 cm³/mol. The van der Waals surface area contributed by atoms with Crippen LogP contribution in [0.25, 0.3) is 11.4 Å². The molecule has 2 aromatic heterocycles. The molecule has 1 aromatic carbocycles. The van der Waals surface area contributed by atoms with Crippen molar-refractivity contribution in [2.75, 3.05) is 0 Å². The van der Waals surface area contributed by atoms with Crippen LogP contribution in [0.15, 0.2) is 44.6 Å². The van der Waals surface area contributed by atoms with Crippen LogP contribution in [-0.2, 0) is 12.7 Å². The number of halogens is 3. The van der Waals surface area contributed by atoms with Crippen molar-refractivity contribution in [3.8, 4) is 17.5 Å². The van der Waals surface area contributed by atoms with Crippen molar-refractivity contribution in [3.05, 3.63) is 68.3 Å². The zero-order chi connectivity index (χ0) is 20.8. The topological polar surface area (TPSA) is 107 Å². The van der Waals surface area contributed by atoms with Gasteiger partial charge in [-0.15, -0.1) is 0 Å². The summed E-state index contributed by atoms with van der Waals surface area (Å²) < 4.78 is 45.2. The zero-order valence-electron chi connectivity index (χ0n) is 14.7. The van der Waals surface area contributed by atoms with Crippen molar-refractivity contribution in [1.29, 1.82) is 5.26 Å². The van der Waals surface area contributed by atoms with Gasteiger partial charge in [-0.25, -0.2) is 9.36 Å². The molecular formula is C18H12F3N5O3. The maximum atomic E-state index is 12.7. The lowest BCUT2D eigenvalue weighted by atomic mass is 10.1. The van der Waals surface area contributed by atoms with Gasteiger partial charge >= 0.3 is 11.9 Å². The van der Waals surface area contributed by atoms with E-state index >= 15 is 0 Å². The summed E-state index contributed by atoms with van der Waals surface area (Å²) in [6.45, 7) is -0.354. The summed E-state index contributed by atoms with van der Waals surface area (Å²) in [7, 11) is 0. The van der Waals surface area contributed by atoms with E-state index in [4.69, 9.17) is 9.78 Å². The molecule has 1 saturated carbocycles. The summed E-state index contributed by atoms with van der Waals surface area (Å²) in [5.74, 6) is -0.0720. The molecule has 0 unspecified atom stereocenters. The van der Waals surface area contributed by atoms with Crippen LogP contribution in [0.3, 0.4) is 0 Å². The largest absolute Gasteiger partial charge is 0.416 e. The average Bonchev–Trinajstić information content (AvgIpc) is 3.42. The van der Waals surface area contributed by atoms with E-state index in [1.54, 1.807) is 6.07 Å². The van der Waals surface area contributed by atoms with Gasteiger partial charge < -0.3 is 4.52 Å². The molecule has 1 aliphatic carbocycles. The Morgan fingerprint density at radius 1 is 1.21 bits per heavy atom. The van der Waals surface area contributed by atoms with Crippen molar-refractivity contribution >= 4 is 0 Å². The van der Waals surface area contributed by atoms with Gasteiger partial charge in [0.2, 0.25) is 11.7 Å². The molecule has 0 amide bonds. The smallest absolute Gasteiger partial charge is 0.337 e. The Morgan fingerprint density at radius 3 is 2.48 bits per heavy atom. The van der Waals surface area contributed by atoms with Crippen LogP contribution in [0, 0.1) is 11.3 Å². The van der Waals surface area contributed by atoms with Gasteiger partial charge in [-0.05, 0) is 25.0 Å². The van der Waals surface area contributed by atoms with Crippen LogP contribution in [0.5, 0.6) is 0 Å². The lowest BCUT2D eigenvalue weighted by molar-refractivity contribution is -0.137. The Hall–Kier alpha value is -3.68. The number of nitriles is 1. The quantitative estimate of drug-likeness (QED) is 0.662. The van der Waals surface area contributed by atoms with E-state index in [0.717, 1.165) is 29.5 Å². The first kappa shape index (κ1) is 18.7. The van der Waals surface area contributed by atoms with Crippen molar-refractivity contribution in [1.82, 2.24) is 19.3 Å². The standard InChI is InChI=1S/C18H12F3N5O3/c19-18(20,21)12-3-1-10(2-4-12)15-23-14(29-24-15)9-26-16(27)11(7-22)8-25(17(26)28)13-5-6-13/h1-4,8,13H,5-6,9H2. The number of hydrogen-bond acceptors (Lipinski definition) is 6. The van der Waals surface area contributed by atoms with Crippen LogP contribution >= 0.6 is 0 Å². The Kier molecular flexibility index (Phi) is 4.34. The monoisotopic (exact) mass is 403 g/mol. The van der Waals surface area contributed by atoms with E-state index in [9.17, 15) is 22.8 Å². The van der Waals surface area contributed by atoms with Crippen molar-refractivity contribution in [2.24, 2.45) is 0 Å². The van der Waals surface area contributed by atoms with Crippen LogP contribution < -0.4 is 11.2 Å². The van der Waals surface area contributed by atoms with Gasteiger partial charge in [0.1, 0.15) is 18.2 Å². The number of alkyl halides is 3. The van der Waals surface area contributed by atoms with E-state index in [2.05, 4.69) is 10.1 Å². The lowest BCUT2D eigenvalue weighted by Crippen LogP contribution is -2.41. The summed E-state index contributed by atoms with van der Waals surface area (Å²) in [6, 6.07) is 5.89. The molecule has 0 spiro atoms. The number of aromatic nitrogens is 4. The first-order valence-corrected chi connectivity index (χ1v) is 8.54. The maximum absolute atomic E-state index is 12.7. The third kappa shape index (κ3) is 3.56. The minimum absolute atomic E-state index is 0.0146. The summed E-state index contributed by atoms with van der Waals surface area (Å²) in [5, 5.41) is 12.8. The molecule has 3 aromatic rings. The fraction of sp³-hybridized carbons (Fsp3) is 0.278. The molecule has 4 rings (SSSR count). The summed E-state index contributed by atoms with van der Waals surface area (Å²) in [4.78, 5) is 29.0. The first-order valence-electron chi connectivity index (χ1n) is 8.54. The molecule has 0 aliphatic heterocycles. The van der Waals surface area contributed by atoms with Crippen molar-refractivity contribution < 1.29 is 17.7 Å². The summed E-state index contributed by atoms with van der Waals surface area (Å²) in [5.41, 5.74) is -2.08. The van der Waals surface area contributed by atoms with Crippen molar-refractivity contribution in [2.45, 2.75) is 31.6 Å². The van der Waals surface area contributed by atoms with Crippen LogP contribution in [0.1, 0.15) is 35.9 Å². The van der Waals surface area contributed by atoms with Gasteiger partial charge in [0.05, 0.1) is 5.56 Å². The third-order valence-electron chi connectivity index (χ3n) is 4.49. The van der Waals surface area contributed by atoms with Gasteiger partial charge in [-0.2, -0.15) is 23.4 Å². The highest BCUT2D eigenvalue weighted by Crippen LogP contribution is 2.33. The second kappa shape index (κ2) is 6.73. The number of nitrogens with zero attached hydrogens (tertiary/aromatic N) is 5. The van der Waals surface area contributed by atoms with Crippen LogP contribution in [0.2, 0.25) is 0 Å². The van der Waals surface area contributed by atoms with Crippen LogP contribution in [0.4, 0.5) is 13.2 Å². The predicted octanol–water partition coefficient (Wildman–Crippen LogP) is 2.33. The number of hydrogen-bond donors (Lipinski definition) is 0. The summed E-state index contributed by atoms with van der Waals surface area (Å²) >= 11 is 0. The van der Waals surface area contributed by atoms with Gasteiger partial charge in [0.25, 0.3) is 5.56 Å². The Morgan fingerprint density at radius 2 is 1.90 bits per heavy atom. The molecule has 0 saturated heterocycles. The number of benzene rings is 1. The minimum Gasteiger partial charge on any atom is -0.337 e. The van der Waals surface area contributed by atoms with Gasteiger partial charge in [0.15, 0.2) is 0 Å². The fourth-order valence-electron chi connectivity index (χ4n) is 2.83. The van der Waals surface area contributed by atoms with Crippen LogP contribution in [-0.4, -0.2) is 19.3 Å². The maximum Gasteiger partial charge on any atom is 0.416 e. The fourth-order valence-corrected chi connectivity index (χ4v) is 2.83. The lowest BCUT2D eigenvalue weighted by Gasteiger charge is -2.08. The highest BCUT2D eigenvalue weighted by Gasteiger charge is 2.30. The van der Waals surface area contributed by atoms with E-state index in [1.807, 2.05) is 0 Å². The molecule has 2 heterocycles. The second-order valence-electron chi connectivity index (χ2n) is 6.55. The highest BCUT2D eigenvalue weighted by atomic mass is 19.4. The summed E-state index contributed by atoms with van der Waals surface area (Å²) in [6.07, 6.45) is -1.65. The Bertz CT molecular complexity index is 1230. The minimum atomic E-state index is -4.46. The molecule has 148 valence electrons. The molecule has 0 bridgehead atoms. The molecule has 29 heavy (non-hydrogen) atoms. The van der Waals surface area contributed by atoms with E-state index in [-0.39, 0.29) is 35.4 Å². The van der Waals surface area contributed by atoms with Gasteiger partial charge in [0, 0.05) is 17.8 Å². The van der Waals surface area contributed by atoms with Crippen molar-refractivity contribution in [3.63, 3.8) is 0 Å². The van der Waals surface area contributed by atoms with E-state index < -0.39 is 23.0 Å². The van der Waals surface area contributed by atoms with E-state index in [0.29, 0.717) is 0 Å². The molecule has 0 atom stereocenters. The Balaban J connectivity index is 1.65. The van der Waals surface area contributed by atoms with E-state index in [1.165, 1.54) is 22.9 Å². The molecule has 1 fully saturated rings. The Labute approximate surface area is 160 Å². The van der Waals surface area contributed by atoms with Gasteiger partial charge in [-0.3, -0.25) is 9.36 Å². The molecule has 0 radical (unpaired) electrons. The highest BCUT2D eigenvalue weighted by molar-refractivity contribution is 5.54. The second-order valence-corrected chi connectivity index (χ2v) is 6.55. The SMILES string of the molecule is N#Cc1cn(C2CC2)c(=O)n(Cc2nc(-c3ccc(C(F)(F)F)cc3)no2)c1=O. The molecular weight excluding hydrogens is 391 g/mol. The number of rotatable bonds is 4. The molecule has 0 N–H and O–H groups in total. The molecule has 11 heteroatoms. The zero-order valence-corrected chi connectivity index (χ0v) is 14.7. The average molecular weight is 403 g/mol. The molecule has 8 nitrogen and oxygen atoms in total. The first-order chi connectivity index (χ1) is 13.8. The third-order valence-corrected chi connectivity index (χ3v) is 4.49. The van der Waals surface area contributed by atoms with Gasteiger partial charge in [-0.1, -0.05) is 17.3 Å².